The van der Waals surface area contributed by atoms with Crippen LogP contribution < -0.4 is 5.32 Å². The first-order valence-corrected chi connectivity index (χ1v) is 7.17. The number of carbonyl (C=O) groups excluding carboxylic acids is 1. The summed E-state index contributed by atoms with van der Waals surface area (Å²) in [5.74, 6) is -0.435. The fraction of sp³-hybridized carbons (Fsp3) is 0.333. The molecule has 23 heavy (non-hydrogen) atoms. The summed E-state index contributed by atoms with van der Waals surface area (Å²) in [5, 5.41) is 17.7. The van der Waals surface area contributed by atoms with Gasteiger partial charge in [-0.3, -0.25) is 19.6 Å². The van der Waals surface area contributed by atoms with Gasteiger partial charge in [-0.05, 0) is 32.9 Å². The second-order valence-electron chi connectivity index (χ2n) is 5.02. The Morgan fingerprint density at radius 1 is 1.57 bits per heavy atom. The van der Waals surface area contributed by atoms with E-state index in [1.807, 2.05) is 31.6 Å². The average Bonchev–Trinajstić information content (AvgIpc) is 3.11. The number of aryl methyl sites for hydroxylation is 2. The van der Waals surface area contributed by atoms with Gasteiger partial charge in [0, 0.05) is 24.4 Å². The Bertz CT molecular complexity index is 744. The number of aromatic nitrogens is 2. The van der Waals surface area contributed by atoms with Crippen LogP contribution in [0.2, 0.25) is 0 Å². The third kappa shape index (κ3) is 4.06. The van der Waals surface area contributed by atoms with E-state index >= 15 is 0 Å². The summed E-state index contributed by atoms with van der Waals surface area (Å²) < 4.78 is 6.75. The van der Waals surface area contributed by atoms with Gasteiger partial charge in [-0.25, -0.2) is 0 Å². The number of hydrogen-bond donors (Lipinski definition) is 1. The lowest BCUT2D eigenvalue weighted by atomic mass is 10.1. The standard InChI is InChI=1S/C15H18N4O4/c1-4-18-9-13(11(3)17-18)10(2)16-14(20)7-5-12-6-8-15(23-12)19(21)22/h5-10H,4H2,1-3H3,(H,16,20)/b7-5+. The molecule has 2 aromatic rings. The molecule has 2 heterocycles. The molecule has 0 aliphatic rings. The number of nitro groups is 1. The first kappa shape index (κ1) is 16.5. The van der Waals surface area contributed by atoms with Crippen molar-refractivity contribution in [3.05, 3.63) is 51.5 Å². The molecule has 1 atom stereocenters. The van der Waals surface area contributed by atoms with E-state index in [1.165, 1.54) is 24.3 Å². The number of rotatable bonds is 6. The Kier molecular flexibility index (Phi) is 4.95. The number of hydrogen-bond acceptors (Lipinski definition) is 5. The minimum atomic E-state index is -0.631. The summed E-state index contributed by atoms with van der Waals surface area (Å²) in [4.78, 5) is 21.8. The van der Waals surface area contributed by atoms with Crippen molar-refractivity contribution in [2.45, 2.75) is 33.4 Å². The van der Waals surface area contributed by atoms with Gasteiger partial charge in [-0.1, -0.05) is 0 Å². The van der Waals surface area contributed by atoms with Crippen LogP contribution in [0, 0.1) is 17.0 Å². The largest absolute Gasteiger partial charge is 0.433 e. The SMILES string of the molecule is CCn1cc(C(C)NC(=O)/C=C/c2ccc([N+](=O)[O-])o2)c(C)n1. The Labute approximate surface area is 132 Å². The molecule has 0 saturated carbocycles. The van der Waals surface area contributed by atoms with Gasteiger partial charge in [0.15, 0.2) is 0 Å². The Balaban J connectivity index is 1.98. The number of furan rings is 1. The summed E-state index contributed by atoms with van der Waals surface area (Å²) in [6.07, 6.45) is 4.57. The van der Waals surface area contributed by atoms with Crippen molar-refractivity contribution in [1.82, 2.24) is 15.1 Å². The van der Waals surface area contributed by atoms with Crippen molar-refractivity contribution in [3.8, 4) is 0 Å². The third-order valence-electron chi connectivity index (χ3n) is 3.33. The van der Waals surface area contributed by atoms with Gasteiger partial charge in [-0.15, -0.1) is 0 Å². The van der Waals surface area contributed by atoms with Crippen LogP contribution >= 0.6 is 0 Å². The zero-order chi connectivity index (χ0) is 17.0. The minimum absolute atomic E-state index is 0.196. The van der Waals surface area contributed by atoms with Crippen LogP contribution in [-0.2, 0) is 11.3 Å². The van der Waals surface area contributed by atoms with Crippen LogP contribution in [0.3, 0.4) is 0 Å². The lowest BCUT2D eigenvalue weighted by Gasteiger charge is -2.11. The molecule has 0 bridgehead atoms. The number of carbonyl (C=O) groups is 1. The lowest BCUT2D eigenvalue weighted by molar-refractivity contribution is -0.402. The van der Waals surface area contributed by atoms with Crippen LogP contribution in [-0.4, -0.2) is 20.6 Å². The fourth-order valence-corrected chi connectivity index (χ4v) is 2.15. The predicted octanol–water partition coefficient (Wildman–Crippen LogP) is 2.60. The molecular weight excluding hydrogens is 300 g/mol. The second-order valence-corrected chi connectivity index (χ2v) is 5.02. The van der Waals surface area contributed by atoms with Crippen LogP contribution in [0.25, 0.3) is 6.08 Å². The minimum Gasteiger partial charge on any atom is -0.401 e. The molecule has 0 radical (unpaired) electrons. The molecule has 2 rings (SSSR count). The van der Waals surface area contributed by atoms with E-state index in [9.17, 15) is 14.9 Å². The molecule has 0 saturated heterocycles. The molecule has 0 aromatic carbocycles. The maximum Gasteiger partial charge on any atom is 0.433 e. The van der Waals surface area contributed by atoms with Gasteiger partial charge >= 0.3 is 5.88 Å². The van der Waals surface area contributed by atoms with E-state index in [4.69, 9.17) is 4.42 Å². The third-order valence-corrected chi connectivity index (χ3v) is 3.33. The highest BCUT2D eigenvalue weighted by Gasteiger charge is 2.14. The number of amides is 1. The first-order chi connectivity index (χ1) is 10.9. The van der Waals surface area contributed by atoms with Crippen molar-refractivity contribution in [3.63, 3.8) is 0 Å². The normalized spacial score (nSPS) is 12.5. The Hall–Kier alpha value is -2.90. The zero-order valence-electron chi connectivity index (χ0n) is 13.1. The summed E-state index contributed by atoms with van der Waals surface area (Å²) in [5.41, 5.74) is 1.81. The monoisotopic (exact) mass is 318 g/mol. The van der Waals surface area contributed by atoms with E-state index in [1.54, 1.807) is 0 Å². The molecule has 2 aromatic heterocycles. The van der Waals surface area contributed by atoms with Crippen LogP contribution in [0.4, 0.5) is 5.88 Å². The summed E-state index contributed by atoms with van der Waals surface area (Å²) >= 11 is 0. The molecule has 122 valence electrons. The van der Waals surface area contributed by atoms with Crippen LogP contribution in [0.15, 0.2) is 28.8 Å². The van der Waals surface area contributed by atoms with E-state index < -0.39 is 4.92 Å². The van der Waals surface area contributed by atoms with Crippen molar-refractivity contribution < 1.29 is 14.1 Å². The zero-order valence-corrected chi connectivity index (χ0v) is 13.1. The van der Waals surface area contributed by atoms with Crippen molar-refractivity contribution >= 4 is 17.9 Å². The molecule has 1 amide bonds. The summed E-state index contributed by atoms with van der Waals surface area (Å²) in [6.45, 7) is 6.51. The van der Waals surface area contributed by atoms with Crippen LogP contribution in [0.5, 0.6) is 0 Å². The quantitative estimate of drug-likeness (QED) is 0.501. The van der Waals surface area contributed by atoms with E-state index in [-0.39, 0.29) is 23.6 Å². The van der Waals surface area contributed by atoms with E-state index in [0.717, 1.165) is 17.8 Å². The molecule has 8 heteroatoms. The maximum atomic E-state index is 11.9. The lowest BCUT2D eigenvalue weighted by Crippen LogP contribution is -2.24. The fourth-order valence-electron chi connectivity index (χ4n) is 2.15. The number of nitrogens with zero attached hydrogens (tertiary/aromatic N) is 3. The van der Waals surface area contributed by atoms with Crippen molar-refractivity contribution in [2.75, 3.05) is 0 Å². The van der Waals surface area contributed by atoms with Gasteiger partial charge in [0.2, 0.25) is 5.91 Å². The van der Waals surface area contributed by atoms with E-state index in [0.29, 0.717) is 0 Å². The molecule has 1 unspecified atom stereocenters. The van der Waals surface area contributed by atoms with Crippen molar-refractivity contribution in [2.24, 2.45) is 0 Å². The summed E-state index contributed by atoms with van der Waals surface area (Å²) in [7, 11) is 0. The van der Waals surface area contributed by atoms with Gasteiger partial charge in [0.25, 0.3) is 0 Å². The maximum absolute atomic E-state index is 11.9. The van der Waals surface area contributed by atoms with Crippen LogP contribution in [0.1, 0.15) is 36.9 Å². The first-order valence-electron chi connectivity index (χ1n) is 7.17. The Morgan fingerprint density at radius 2 is 2.30 bits per heavy atom. The smallest absolute Gasteiger partial charge is 0.401 e. The molecular formula is C15H18N4O4. The van der Waals surface area contributed by atoms with E-state index in [2.05, 4.69) is 10.4 Å². The molecule has 0 fully saturated rings. The van der Waals surface area contributed by atoms with Gasteiger partial charge in [0.1, 0.15) is 10.7 Å². The van der Waals surface area contributed by atoms with Gasteiger partial charge in [-0.2, -0.15) is 5.10 Å². The van der Waals surface area contributed by atoms with Gasteiger partial charge < -0.3 is 9.73 Å². The average molecular weight is 318 g/mol. The van der Waals surface area contributed by atoms with Gasteiger partial charge in [0.05, 0.1) is 17.8 Å². The van der Waals surface area contributed by atoms with Crippen molar-refractivity contribution in [1.29, 1.82) is 0 Å². The predicted molar refractivity (Wildman–Crippen MR) is 83.6 cm³/mol. The highest BCUT2D eigenvalue weighted by molar-refractivity contribution is 5.91. The summed E-state index contributed by atoms with van der Waals surface area (Å²) in [6, 6.07) is 2.47. The molecule has 1 N–H and O–H groups in total. The molecule has 8 nitrogen and oxygen atoms in total. The molecule has 0 aliphatic carbocycles. The highest BCUT2D eigenvalue weighted by Crippen LogP contribution is 2.18. The molecule has 0 spiro atoms. The number of nitrogens with one attached hydrogen (secondary N) is 1. The Morgan fingerprint density at radius 3 is 2.87 bits per heavy atom. The molecule has 0 aliphatic heterocycles. The second kappa shape index (κ2) is 6.91. The highest BCUT2D eigenvalue weighted by atomic mass is 16.6. The topological polar surface area (TPSA) is 103 Å².